The molecule has 0 aliphatic carbocycles. The van der Waals surface area contributed by atoms with E-state index in [0.717, 1.165) is 16.8 Å². The molecule has 4 aromatic rings. The van der Waals surface area contributed by atoms with E-state index < -0.39 is 0 Å². The number of nitrogens with one attached hydrogen (secondary N) is 1. The topological polar surface area (TPSA) is 77.6 Å². The summed E-state index contributed by atoms with van der Waals surface area (Å²) in [7, 11) is 0. The van der Waals surface area contributed by atoms with Crippen molar-refractivity contribution in [1.29, 1.82) is 0 Å². The fourth-order valence-electron chi connectivity index (χ4n) is 2.96. The molecule has 0 saturated heterocycles. The van der Waals surface area contributed by atoms with Gasteiger partial charge < -0.3 is 5.32 Å². The summed E-state index contributed by atoms with van der Waals surface area (Å²) in [5.74, 6) is -0.0986. The molecule has 28 heavy (non-hydrogen) atoms. The number of carbonyl (C=O) groups is 1. The van der Waals surface area contributed by atoms with Gasteiger partial charge in [0.05, 0.1) is 18.3 Å². The Hall–Kier alpha value is -3.74. The van der Waals surface area contributed by atoms with Crippen LogP contribution in [0, 0.1) is 0 Å². The molecule has 2 aromatic carbocycles. The summed E-state index contributed by atoms with van der Waals surface area (Å²) >= 11 is 0. The molecule has 0 aliphatic heterocycles. The average Bonchev–Trinajstić information content (AvgIpc) is 3.43. The van der Waals surface area contributed by atoms with Crippen molar-refractivity contribution in [3.8, 4) is 5.69 Å². The zero-order chi connectivity index (χ0) is 19.3. The Bertz CT molecular complexity index is 1020. The van der Waals surface area contributed by atoms with Crippen molar-refractivity contribution in [2.75, 3.05) is 0 Å². The molecule has 1 amide bonds. The number of amides is 1. The van der Waals surface area contributed by atoms with Gasteiger partial charge in [-0.15, -0.1) is 0 Å². The molecular formula is C21H20N6O. The zero-order valence-corrected chi connectivity index (χ0v) is 15.4. The van der Waals surface area contributed by atoms with Crippen LogP contribution >= 0.6 is 0 Å². The lowest BCUT2D eigenvalue weighted by Crippen LogP contribution is -2.26. The zero-order valence-electron chi connectivity index (χ0n) is 15.4. The van der Waals surface area contributed by atoms with Gasteiger partial charge in [0.2, 0.25) is 0 Å². The molecule has 4 rings (SSSR count). The lowest BCUT2D eigenvalue weighted by Gasteiger charge is -2.15. The van der Waals surface area contributed by atoms with Crippen LogP contribution < -0.4 is 5.32 Å². The highest BCUT2D eigenvalue weighted by atomic mass is 16.1. The quantitative estimate of drug-likeness (QED) is 0.564. The van der Waals surface area contributed by atoms with Crippen LogP contribution in [0.15, 0.2) is 79.6 Å². The van der Waals surface area contributed by atoms with Gasteiger partial charge in [-0.1, -0.05) is 24.3 Å². The Balaban J connectivity index is 1.38. The second-order valence-corrected chi connectivity index (χ2v) is 6.53. The summed E-state index contributed by atoms with van der Waals surface area (Å²) < 4.78 is 3.54. The van der Waals surface area contributed by atoms with Crippen molar-refractivity contribution < 1.29 is 4.79 Å². The van der Waals surface area contributed by atoms with E-state index in [-0.39, 0.29) is 11.9 Å². The van der Waals surface area contributed by atoms with Crippen LogP contribution in [0.25, 0.3) is 5.69 Å². The van der Waals surface area contributed by atoms with Gasteiger partial charge in [0, 0.05) is 18.0 Å². The molecule has 1 N–H and O–H groups in total. The molecule has 0 fully saturated rings. The molecule has 1 atom stereocenters. The number of carbonyl (C=O) groups excluding carboxylic acids is 1. The molecule has 0 bridgehead atoms. The SMILES string of the molecule is C[C@H](NC(=O)c1ccc(Cn2cccn2)cc1)c1ccc(-n2cncn2)cc1. The number of benzene rings is 2. The number of nitrogens with zero attached hydrogens (tertiary/aromatic N) is 5. The summed E-state index contributed by atoms with van der Waals surface area (Å²) in [5.41, 5.74) is 3.67. The number of rotatable bonds is 6. The maximum absolute atomic E-state index is 12.6. The second-order valence-electron chi connectivity index (χ2n) is 6.53. The highest BCUT2D eigenvalue weighted by Crippen LogP contribution is 2.16. The molecule has 0 aliphatic rings. The van der Waals surface area contributed by atoms with Crippen molar-refractivity contribution in [2.45, 2.75) is 19.5 Å². The normalized spacial score (nSPS) is 11.9. The van der Waals surface area contributed by atoms with Crippen molar-refractivity contribution in [1.82, 2.24) is 29.9 Å². The van der Waals surface area contributed by atoms with E-state index >= 15 is 0 Å². The van der Waals surface area contributed by atoms with E-state index in [9.17, 15) is 4.79 Å². The van der Waals surface area contributed by atoms with Crippen LogP contribution in [0.1, 0.15) is 34.5 Å². The van der Waals surface area contributed by atoms with Crippen molar-refractivity contribution >= 4 is 5.91 Å². The third kappa shape index (κ3) is 3.98. The van der Waals surface area contributed by atoms with Crippen molar-refractivity contribution in [3.05, 3.63) is 96.3 Å². The first kappa shape index (κ1) is 17.7. The Morgan fingerprint density at radius 2 is 1.86 bits per heavy atom. The third-order valence-corrected chi connectivity index (χ3v) is 4.54. The molecule has 0 radical (unpaired) electrons. The lowest BCUT2D eigenvalue weighted by molar-refractivity contribution is 0.0940. The summed E-state index contributed by atoms with van der Waals surface area (Å²) in [6.07, 6.45) is 6.81. The number of hydrogen-bond acceptors (Lipinski definition) is 4. The van der Waals surface area contributed by atoms with Crippen LogP contribution in [0.2, 0.25) is 0 Å². The molecule has 140 valence electrons. The van der Waals surface area contributed by atoms with Gasteiger partial charge in [-0.05, 0) is 48.4 Å². The molecule has 2 aromatic heterocycles. The minimum atomic E-state index is -0.110. The lowest BCUT2D eigenvalue weighted by atomic mass is 10.1. The molecular weight excluding hydrogens is 352 g/mol. The molecule has 0 unspecified atom stereocenters. The van der Waals surface area contributed by atoms with Crippen LogP contribution in [0.4, 0.5) is 0 Å². The van der Waals surface area contributed by atoms with E-state index in [2.05, 4.69) is 20.5 Å². The minimum absolute atomic E-state index is 0.0986. The average molecular weight is 372 g/mol. The monoisotopic (exact) mass is 372 g/mol. The van der Waals surface area contributed by atoms with E-state index in [0.29, 0.717) is 12.1 Å². The first-order valence-corrected chi connectivity index (χ1v) is 9.01. The van der Waals surface area contributed by atoms with Gasteiger partial charge in [0.15, 0.2) is 0 Å². The Morgan fingerprint density at radius 3 is 2.50 bits per heavy atom. The van der Waals surface area contributed by atoms with Gasteiger partial charge in [-0.3, -0.25) is 9.48 Å². The predicted molar refractivity (Wildman–Crippen MR) is 105 cm³/mol. The standard InChI is InChI=1S/C21H20N6O/c1-16(18-7-9-20(10-8-18)27-15-22-14-24-27)25-21(28)19-5-3-17(4-6-19)13-26-12-2-11-23-26/h2-12,14-16H,13H2,1H3,(H,25,28)/t16-/m0/s1. The van der Waals surface area contributed by atoms with Gasteiger partial charge >= 0.3 is 0 Å². The minimum Gasteiger partial charge on any atom is -0.346 e. The van der Waals surface area contributed by atoms with Gasteiger partial charge in [0.1, 0.15) is 12.7 Å². The molecule has 0 spiro atoms. The van der Waals surface area contributed by atoms with Gasteiger partial charge in [0.25, 0.3) is 5.91 Å². The maximum Gasteiger partial charge on any atom is 0.251 e. The highest BCUT2D eigenvalue weighted by molar-refractivity contribution is 5.94. The van der Waals surface area contributed by atoms with Crippen molar-refractivity contribution in [2.24, 2.45) is 0 Å². The molecule has 2 heterocycles. The first-order valence-electron chi connectivity index (χ1n) is 9.01. The summed E-state index contributed by atoms with van der Waals surface area (Å²) in [5, 5.41) is 11.3. The molecule has 7 heteroatoms. The van der Waals surface area contributed by atoms with Crippen molar-refractivity contribution in [3.63, 3.8) is 0 Å². The fraction of sp³-hybridized carbons (Fsp3) is 0.143. The number of aromatic nitrogens is 5. The summed E-state index contributed by atoms with van der Waals surface area (Å²) in [6, 6.07) is 17.2. The van der Waals surface area contributed by atoms with Crippen LogP contribution in [-0.2, 0) is 6.54 Å². The number of hydrogen-bond donors (Lipinski definition) is 1. The second kappa shape index (κ2) is 7.87. The summed E-state index contributed by atoms with van der Waals surface area (Å²) in [6.45, 7) is 2.65. The van der Waals surface area contributed by atoms with Gasteiger partial charge in [-0.25, -0.2) is 9.67 Å². The maximum atomic E-state index is 12.6. The van der Waals surface area contributed by atoms with E-state index in [1.54, 1.807) is 17.2 Å². The molecule has 0 saturated carbocycles. The van der Waals surface area contributed by atoms with Gasteiger partial charge in [-0.2, -0.15) is 10.2 Å². The van der Waals surface area contributed by atoms with Crippen LogP contribution in [-0.4, -0.2) is 30.5 Å². The Labute approximate surface area is 162 Å². The molecule has 7 nitrogen and oxygen atoms in total. The fourth-order valence-corrected chi connectivity index (χ4v) is 2.96. The Morgan fingerprint density at radius 1 is 1.07 bits per heavy atom. The van der Waals surface area contributed by atoms with E-state index in [4.69, 9.17) is 0 Å². The van der Waals surface area contributed by atoms with E-state index in [1.165, 1.54) is 6.33 Å². The van der Waals surface area contributed by atoms with E-state index in [1.807, 2.05) is 72.4 Å². The predicted octanol–water partition coefficient (Wildman–Crippen LogP) is 3.00. The van der Waals surface area contributed by atoms with Crippen LogP contribution in [0.5, 0.6) is 0 Å². The highest BCUT2D eigenvalue weighted by Gasteiger charge is 2.12. The third-order valence-electron chi connectivity index (χ3n) is 4.54. The first-order chi connectivity index (χ1) is 13.7. The largest absolute Gasteiger partial charge is 0.346 e. The summed E-state index contributed by atoms with van der Waals surface area (Å²) in [4.78, 5) is 16.5. The smallest absolute Gasteiger partial charge is 0.251 e. The van der Waals surface area contributed by atoms with Crippen LogP contribution in [0.3, 0.4) is 0 Å². The Kier molecular flexibility index (Phi) is 4.97.